The summed E-state index contributed by atoms with van der Waals surface area (Å²) in [6.07, 6.45) is 1.09. The molecule has 15 heavy (non-hydrogen) atoms. The van der Waals surface area contributed by atoms with Crippen molar-refractivity contribution < 1.29 is 4.74 Å². The van der Waals surface area contributed by atoms with Crippen LogP contribution in [0.2, 0.25) is 0 Å². The zero-order valence-electron chi connectivity index (χ0n) is 9.45. The Kier molecular flexibility index (Phi) is 5.58. The summed E-state index contributed by atoms with van der Waals surface area (Å²) in [5, 5.41) is 0. The number of rotatable bonds is 6. The van der Waals surface area contributed by atoms with Gasteiger partial charge in [-0.2, -0.15) is 0 Å². The van der Waals surface area contributed by atoms with Gasteiger partial charge in [-0.25, -0.2) is 0 Å². The van der Waals surface area contributed by atoms with E-state index in [2.05, 4.69) is 19.1 Å². The van der Waals surface area contributed by atoms with Gasteiger partial charge in [-0.3, -0.25) is 0 Å². The first kappa shape index (κ1) is 12.4. The highest BCUT2D eigenvalue weighted by Gasteiger charge is 1.97. The molecule has 0 saturated carbocycles. The summed E-state index contributed by atoms with van der Waals surface area (Å²) in [6, 6.07) is 6.15. The molecule has 0 aromatic heterocycles. The van der Waals surface area contributed by atoms with E-state index in [-0.39, 0.29) is 0 Å². The van der Waals surface area contributed by atoms with Gasteiger partial charge in [0, 0.05) is 22.9 Å². The summed E-state index contributed by atoms with van der Waals surface area (Å²) in [5.41, 5.74) is 7.76. The summed E-state index contributed by atoms with van der Waals surface area (Å²) >= 11 is 1.81. The molecule has 2 N–H and O–H groups in total. The molecule has 0 aliphatic heterocycles. The van der Waals surface area contributed by atoms with Crippen LogP contribution in [0.5, 0.6) is 0 Å². The van der Waals surface area contributed by atoms with Gasteiger partial charge in [-0.1, -0.05) is 6.92 Å². The fourth-order valence-electron chi connectivity index (χ4n) is 1.20. The molecule has 1 rings (SSSR count). The Morgan fingerprint density at radius 2 is 2.13 bits per heavy atom. The second-order valence-corrected chi connectivity index (χ2v) is 4.65. The SMILES string of the molecule is CCCOCCSc1ccc(N)c(C)c1. The van der Waals surface area contributed by atoms with E-state index in [9.17, 15) is 0 Å². The molecule has 2 nitrogen and oxygen atoms in total. The van der Waals surface area contributed by atoms with Crippen molar-refractivity contribution in [3.63, 3.8) is 0 Å². The summed E-state index contributed by atoms with van der Waals surface area (Å²) < 4.78 is 5.41. The number of thioether (sulfide) groups is 1. The number of ether oxygens (including phenoxy) is 1. The normalized spacial score (nSPS) is 10.5. The van der Waals surface area contributed by atoms with Crippen molar-refractivity contribution in [3.05, 3.63) is 23.8 Å². The van der Waals surface area contributed by atoms with Crippen molar-refractivity contribution in [3.8, 4) is 0 Å². The molecule has 0 unspecified atom stereocenters. The van der Waals surface area contributed by atoms with Crippen LogP contribution in [0.1, 0.15) is 18.9 Å². The second-order valence-electron chi connectivity index (χ2n) is 3.48. The lowest BCUT2D eigenvalue weighted by Crippen LogP contribution is -1.98. The Bertz CT molecular complexity index is 302. The van der Waals surface area contributed by atoms with E-state index in [0.717, 1.165) is 36.6 Å². The highest BCUT2D eigenvalue weighted by Crippen LogP contribution is 2.22. The van der Waals surface area contributed by atoms with Gasteiger partial charge >= 0.3 is 0 Å². The van der Waals surface area contributed by atoms with Gasteiger partial charge < -0.3 is 10.5 Å². The third-order valence-corrected chi connectivity index (χ3v) is 3.04. The maximum absolute atomic E-state index is 5.75. The fraction of sp³-hybridized carbons (Fsp3) is 0.500. The Morgan fingerprint density at radius 1 is 1.33 bits per heavy atom. The van der Waals surface area contributed by atoms with Crippen LogP contribution < -0.4 is 5.73 Å². The van der Waals surface area contributed by atoms with Gasteiger partial charge in [0.25, 0.3) is 0 Å². The Morgan fingerprint density at radius 3 is 2.80 bits per heavy atom. The summed E-state index contributed by atoms with van der Waals surface area (Å²) in [5.74, 6) is 1.00. The molecule has 3 heteroatoms. The number of hydrogen-bond acceptors (Lipinski definition) is 3. The molecule has 84 valence electrons. The number of aryl methyl sites for hydroxylation is 1. The maximum Gasteiger partial charge on any atom is 0.0560 e. The third-order valence-electron chi connectivity index (χ3n) is 2.09. The molecule has 0 fully saturated rings. The highest BCUT2D eigenvalue weighted by atomic mass is 32.2. The average Bonchev–Trinajstić information content (AvgIpc) is 2.23. The van der Waals surface area contributed by atoms with E-state index in [0.29, 0.717) is 0 Å². The van der Waals surface area contributed by atoms with E-state index in [4.69, 9.17) is 10.5 Å². The predicted octanol–water partition coefficient (Wildman–Crippen LogP) is 3.10. The van der Waals surface area contributed by atoms with E-state index in [1.165, 1.54) is 4.90 Å². The third kappa shape index (κ3) is 4.58. The fourth-order valence-corrected chi connectivity index (χ4v) is 2.06. The number of benzene rings is 1. The van der Waals surface area contributed by atoms with Gasteiger partial charge in [0.1, 0.15) is 0 Å². The minimum atomic E-state index is 0.821. The first-order valence-electron chi connectivity index (χ1n) is 5.30. The van der Waals surface area contributed by atoms with Crippen molar-refractivity contribution in [1.29, 1.82) is 0 Å². The molecular weight excluding hydrogens is 206 g/mol. The molecule has 0 atom stereocenters. The van der Waals surface area contributed by atoms with Crippen LogP contribution in [0, 0.1) is 6.92 Å². The smallest absolute Gasteiger partial charge is 0.0560 e. The lowest BCUT2D eigenvalue weighted by Gasteiger charge is -2.05. The number of anilines is 1. The van der Waals surface area contributed by atoms with Crippen LogP contribution in [0.4, 0.5) is 5.69 Å². The molecule has 0 amide bonds. The number of nitrogens with two attached hydrogens (primary N) is 1. The van der Waals surface area contributed by atoms with Crippen molar-refractivity contribution in [1.82, 2.24) is 0 Å². The van der Waals surface area contributed by atoms with Gasteiger partial charge in [0.15, 0.2) is 0 Å². The highest BCUT2D eigenvalue weighted by molar-refractivity contribution is 7.99. The molecule has 0 heterocycles. The molecule has 0 aliphatic rings. The first-order chi connectivity index (χ1) is 7.24. The van der Waals surface area contributed by atoms with Crippen LogP contribution in [0.15, 0.2) is 23.1 Å². The Balaban J connectivity index is 2.28. The van der Waals surface area contributed by atoms with Gasteiger partial charge in [-0.05, 0) is 37.1 Å². The number of hydrogen-bond donors (Lipinski definition) is 1. The summed E-state index contributed by atoms with van der Waals surface area (Å²) in [7, 11) is 0. The minimum Gasteiger partial charge on any atom is -0.399 e. The zero-order valence-corrected chi connectivity index (χ0v) is 10.3. The van der Waals surface area contributed by atoms with Gasteiger partial charge in [0.05, 0.1) is 6.61 Å². The average molecular weight is 225 g/mol. The number of nitrogen functional groups attached to an aromatic ring is 1. The molecule has 0 spiro atoms. The maximum atomic E-state index is 5.75. The van der Waals surface area contributed by atoms with E-state index in [1.54, 1.807) is 0 Å². The zero-order chi connectivity index (χ0) is 11.1. The predicted molar refractivity (Wildman–Crippen MR) is 67.4 cm³/mol. The minimum absolute atomic E-state index is 0.821. The van der Waals surface area contributed by atoms with E-state index < -0.39 is 0 Å². The van der Waals surface area contributed by atoms with Crippen molar-refractivity contribution in [2.75, 3.05) is 24.7 Å². The molecule has 0 radical (unpaired) electrons. The topological polar surface area (TPSA) is 35.2 Å². The Labute approximate surface area is 96.2 Å². The first-order valence-corrected chi connectivity index (χ1v) is 6.29. The largest absolute Gasteiger partial charge is 0.399 e. The Hall–Kier alpha value is -0.670. The van der Waals surface area contributed by atoms with Crippen molar-refractivity contribution >= 4 is 17.4 Å². The van der Waals surface area contributed by atoms with Crippen LogP contribution in [0.3, 0.4) is 0 Å². The lowest BCUT2D eigenvalue weighted by molar-refractivity contribution is 0.151. The molecule has 1 aromatic rings. The van der Waals surface area contributed by atoms with Gasteiger partial charge in [0.2, 0.25) is 0 Å². The molecular formula is C12H19NOS. The molecule has 1 aromatic carbocycles. The molecule has 0 aliphatic carbocycles. The van der Waals surface area contributed by atoms with Crippen molar-refractivity contribution in [2.45, 2.75) is 25.2 Å². The quantitative estimate of drug-likeness (QED) is 0.459. The summed E-state index contributed by atoms with van der Waals surface area (Å²) in [4.78, 5) is 1.27. The second kappa shape index (κ2) is 6.75. The van der Waals surface area contributed by atoms with Gasteiger partial charge in [-0.15, -0.1) is 11.8 Å². The standard InChI is InChI=1S/C12H19NOS/c1-3-6-14-7-8-15-11-4-5-12(13)10(2)9-11/h4-5,9H,3,6-8,13H2,1-2H3. The van der Waals surface area contributed by atoms with Crippen LogP contribution >= 0.6 is 11.8 Å². The van der Waals surface area contributed by atoms with E-state index >= 15 is 0 Å². The summed E-state index contributed by atoms with van der Waals surface area (Å²) in [6.45, 7) is 5.84. The van der Waals surface area contributed by atoms with Crippen LogP contribution in [-0.2, 0) is 4.74 Å². The van der Waals surface area contributed by atoms with Crippen molar-refractivity contribution in [2.24, 2.45) is 0 Å². The molecule has 0 bridgehead atoms. The van der Waals surface area contributed by atoms with E-state index in [1.807, 2.05) is 24.8 Å². The lowest BCUT2D eigenvalue weighted by atomic mass is 10.2. The molecule has 0 saturated heterocycles. The van der Waals surface area contributed by atoms with Crippen LogP contribution in [-0.4, -0.2) is 19.0 Å². The van der Waals surface area contributed by atoms with Crippen LogP contribution in [0.25, 0.3) is 0 Å². The monoisotopic (exact) mass is 225 g/mol.